The molecule has 168 valence electrons. The van der Waals surface area contributed by atoms with Crippen molar-refractivity contribution in [3.8, 4) is 0 Å². The Kier molecular flexibility index (Phi) is 8.12. The van der Waals surface area contributed by atoms with E-state index in [0.717, 1.165) is 12.5 Å². The average Bonchev–Trinajstić information content (AvgIpc) is 2.68. The Morgan fingerprint density at radius 3 is 2.13 bits per heavy atom. The number of carboxylic acid groups (broad SMARTS) is 1. The van der Waals surface area contributed by atoms with Gasteiger partial charge in [-0.25, -0.2) is 0 Å². The van der Waals surface area contributed by atoms with Crippen LogP contribution in [0.1, 0.15) is 55.7 Å². The molecule has 2 atom stereocenters. The normalized spacial score (nSPS) is 13.7. The lowest BCUT2D eigenvalue weighted by Gasteiger charge is -2.26. The number of nitrogens with one attached hydrogen (secondary N) is 1. The lowest BCUT2D eigenvalue weighted by atomic mass is 9.85. The van der Waals surface area contributed by atoms with Crippen LogP contribution >= 0.6 is 11.6 Å². The third-order valence-corrected chi connectivity index (χ3v) is 5.51. The van der Waals surface area contributed by atoms with Crippen LogP contribution in [-0.4, -0.2) is 23.2 Å². The largest absolute Gasteiger partial charge is 0.481 e. The minimum Gasteiger partial charge on any atom is -0.481 e. The maximum atomic E-state index is 13.5. The smallest absolute Gasteiger partial charge is 0.392 e. The van der Waals surface area contributed by atoms with E-state index in [1.165, 1.54) is 12.1 Å². The van der Waals surface area contributed by atoms with Gasteiger partial charge in [-0.1, -0.05) is 62.7 Å². The molecule has 0 aliphatic heterocycles. The molecule has 0 unspecified atom stereocenters. The second kappa shape index (κ2) is 10.2. The highest BCUT2D eigenvalue weighted by Gasteiger charge is 2.45. The maximum absolute atomic E-state index is 13.5. The van der Waals surface area contributed by atoms with E-state index < -0.39 is 29.9 Å². The highest BCUT2D eigenvalue weighted by atomic mass is 35.5. The van der Waals surface area contributed by atoms with Crippen LogP contribution in [0.3, 0.4) is 0 Å². The van der Waals surface area contributed by atoms with Gasteiger partial charge in [-0.05, 0) is 41.2 Å². The predicted molar refractivity (Wildman–Crippen MR) is 115 cm³/mol. The molecule has 2 aromatic rings. The first-order valence-electron chi connectivity index (χ1n) is 9.87. The Bertz CT molecular complexity index is 927. The Labute approximate surface area is 184 Å². The molecule has 0 aromatic heterocycles. The third-order valence-electron chi connectivity index (χ3n) is 5.18. The molecule has 2 rings (SSSR count). The van der Waals surface area contributed by atoms with E-state index in [2.05, 4.69) is 5.32 Å². The molecule has 0 saturated carbocycles. The first-order chi connectivity index (χ1) is 14.4. The fraction of sp³-hybridized carbons (Fsp3) is 0.391. The van der Waals surface area contributed by atoms with Gasteiger partial charge in [0.05, 0.1) is 22.5 Å². The van der Waals surface area contributed by atoms with Crippen LogP contribution in [-0.2, 0) is 16.0 Å². The van der Waals surface area contributed by atoms with Crippen molar-refractivity contribution in [1.29, 1.82) is 0 Å². The van der Waals surface area contributed by atoms with Gasteiger partial charge in [-0.15, -0.1) is 0 Å². The van der Waals surface area contributed by atoms with Crippen molar-refractivity contribution in [2.45, 2.75) is 51.6 Å². The molecule has 0 heterocycles. The van der Waals surface area contributed by atoms with E-state index in [4.69, 9.17) is 16.7 Å². The van der Waals surface area contributed by atoms with Crippen LogP contribution in [0, 0.1) is 5.92 Å². The van der Waals surface area contributed by atoms with E-state index >= 15 is 0 Å². The Morgan fingerprint density at radius 2 is 1.61 bits per heavy atom. The first kappa shape index (κ1) is 24.7. The molecule has 0 bridgehead atoms. The predicted octanol–water partition coefficient (Wildman–Crippen LogP) is 6.40. The molecule has 0 aliphatic rings. The van der Waals surface area contributed by atoms with Gasteiger partial charge < -0.3 is 10.4 Å². The van der Waals surface area contributed by atoms with E-state index in [1.54, 1.807) is 30.3 Å². The van der Waals surface area contributed by atoms with Gasteiger partial charge in [0.2, 0.25) is 5.91 Å². The molecule has 0 fully saturated rings. The molecular weight excluding hydrogens is 431 g/mol. The lowest BCUT2D eigenvalue weighted by Crippen LogP contribution is -2.34. The van der Waals surface area contributed by atoms with Crippen molar-refractivity contribution in [3.63, 3.8) is 0 Å². The topological polar surface area (TPSA) is 66.4 Å². The molecule has 8 heteroatoms. The van der Waals surface area contributed by atoms with Gasteiger partial charge in [0, 0.05) is 6.42 Å². The van der Waals surface area contributed by atoms with E-state index in [9.17, 15) is 22.8 Å². The monoisotopic (exact) mass is 455 g/mol. The van der Waals surface area contributed by atoms with Crippen LogP contribution < -0.4 is 5.32 Å². The number of benzene rings is 2. The van der Waals surface area contributed by atoms with Gasteiger partial charge in [-0.3, -0.25) is 9.59 Å². The highest BCUT2D eigenvalue weighted by Crippen LogP contribution is 2.39. The molecule has 0 saturated heterocycles. The Morgan fingerprint density at radius 1 is 1.03 bits per heavy atom. The summed E-state index contributed by atoms with van der Waals surface area (Å²) in [6.07, 6.45) is -4.49. The van der Waals surface area contributed by atoms with Crippen LogP contribution in [0.5, 0.6) is 0 Å². The molecule has 1 amide bonds. The zero-order valence-electron chi connectivity index (χ0n) is 17.5. The molecule has 0 aliphatic carbocycles. The van der Waals surface area contributed by atoms with Crippen LogP contribution in [0.15, 0.2) is 42.5 Å². The number of amides is 1. The number of hydrogen-bond donors (Lipinski definition) is 2. The van der Waals surface area contributed by atoms with Gasteiger partial charge in [0.15, 0.2) is 0 Å². The summed E-state index contributed by atoms with van der Waals surface area (Å²) < 4.78 is 40.6. The molecule has 0 radical (unpaired) electrons. The summed E-state index contributed by atoms with van der Waals surface area (Å²) in [5.74, 6) is -5.01. The van der Waals surface area contributed by atoms with Crippen molar-refractivity contribution in [3.05, 3.63) is 64.2 Å². The summed E-state index contributed by atoms with van der Waals surface area (Å²) in [6, 6.07) is 11.1. The molecule has 0 spiro atoms. The minimum absolute atomic E-state index is 0.120. The summed E-state index contributed by atoms with van der Waals surface area (Å²) in [4.78, 5) is 23.8. The van der Waals surface area contributed by atoms with Gasteiger partial charge in [0.1, 0.15) is 0 Å². The molecule has 31 heavy (non-hydrogen) atoms. The van der Waals surface area contributed by atoms with Crippen molar-refractivity contribution >= 4 is 29.2 Å². The lowest BCUT2D eigenvalue weighted by molar-refractivity contribution is -0.178. The fourth-order valence-corrected chi connectivity index (χ4v) is 3.39. The molecule has 4 nitrogen and oxygen atoms in total. The molecule has 2 N–H and O–H groups in total. The second-order valence-electron chi connectivity index (χ2n) is 7.83. The Balaban J connectivity index is 2.35. The third kappa shape index (κ3) is 6.72. The number of rotatable bonds is 8. The van der Waals surface area contributed by atoms with Crippen LogP contribution in [0.2, 0.25) is 5.02 Å². The summed E-state index contributed by atoms with van der Waals surface area (Å²) >= 11 is 6.13. The first-order valence-corrected chi connectivity index (χ1v) is 10.3. The number of aryl methyl sites for hydroxylation is 1. The fourth-order valence-electron chi connectivity index (χ4n) is 3.23. The molecule has 2 aromatic carbocycles. The zero-order chi connectivity index (χ0) is 23.3. The Hall–Kier alpha value is -2.54. The van der Waals surface area contributed by atoms with E-state index in [0.29, 0.717) is 5.56 Å². The number of hydrogen-bond acceptors (Lipinski definition) is 2. The van der Waals surface area contributed by atoms with Crippen molar-refractivity contribution in [2.75, 3.05) is 5.32 Å². The SMILES string of the molecule is CC(C)c1ccc([C@@H](C(=O)Nc2cc(CCC(=O)O)ccc2Cl)[C@@H](C)C(F)(F)F)cc1. The van der Waals surface area contributed by atoms with Gasteiger partial charge >= 0.3 is 12.1 Å². The summed E-state index contributed by atoms with van der Waals surface area (Å²) in [7, 11) is 0. The van der Waals surface area contributed by atoms with Crippen LogP contribution in [0.4, 0.5) is 18.9 Å². The van der Waals surface area contributed by atoms with Gasteiger partial charge in [-0.2, -0.15) is 13.2 Å². The second-order valence-corrected chi connectivity index (χ2v) is 8.23. The van der Waals surface area contributed by atoms with Crippen molar-refractivity contribution in [1.82, 2.24) is 0 Å². The number of carbonyl (C=O) groups excluding carboxylic acids is 1. The number of carboxylic acids is 1. The highest BCUT2D eigenvalue weighted by molar-refractivity contribution is 6.33. The summed E-state index contributed by atoms with van der Waals surface area (Å²) in [5, 5.41) is 11.5. The van der Waals surface area contributed by atoms with Crippen LogP contribution in [0.25, 0.3) is 0 Å². The van der Waals surface area contributed by atoms with E-state index in [1.807, 2.05) is 13.8 Å². The number of halogens is 4. The average molecular weight is 456 g/mol. The summed E-state index contributed by atoms with van der Waals surface area (Å²) in [5.41, 5.74) is 1.96. The van der Waals surface area contributed by atoms with Crippen molar-refractivity contribution in [2.24, 2.45) is 5.92 Å². The number of anilines is 1. The number of carbonyl (C=O) groups is 2. The van der Waals surface area contributed by atoms with Gasteiger partial charge in [0.25, 0.3) is 0 Å². The maximum Gasteiger partial charge on any atom is 0.392 e. The quantitative estimate of drug-likeness (QED) is 0.484. The van der Waals surface area contributed by atoms with Crippen molar-refractivity contribution < 1.29 is 27.9 Å². The number of aliphatic carboxylic acids is 1. The molecular formula is C23H25ClF3NO3. The zero-order valence-corrected chi connectivity index (χ0v) is 18.2. The number of alkyl halides is 3. The van der Waals surface area contributed by atoms with E-state index in [-0.39, 0.29) is 35.0 Å². The standard InChI is InChI=1S/C23H25ClF3NO3/c1-13(2)16-6-8-17(9-7-16)21(14(3)23(25,26)27)22(31)28-19-12-15(4-10-18(19)24)5-11-20(29)30/h4,6-10,12-14,21H,5,11H2,1-3H3,(H,28,31)(H,29,30)/t14-,21+/m1/s1. The minimum atomic E-state index is -4.58. The summed E-state index contributed by atoms with van der Waals surface area (Å²) in [6.45, 7) is 4.92.